The number of amides is 2. The number of carbonyl (C=O) groups excluding carboxylic acids is 2. The van der Waals surface area contributed by atoms with Gasteiger partial charge >= 0.3 is 0 Å². The number of fused-ring (bicyclic) bond motifs is 1. The van der Waals surface area contributed by atoms with E-state index in [1.165, 1.54) is 0 Å². The number of piperidine rings is 1. The number of rotatable bonds is 3. The van der Waals surface area contributed by atoms with Crippen molar-refractivity contribution in [2.24, 2.45) is 5.92 Å². The van der Waals surface area contributed by atoms with Gasteiger partial charge in [-0.1, -0.05) is 25.1 Å². The smallest absolute Gasteiger partial charge is 0.258 e. The van der Waals surface area contributed by atoms with Gasteiger partial charge in [0.15, 0.2) is 0 Å². The largest absolute Gasteiger partial charge is 0.342 e. The van der Waals surface area contributed by atoms with E-state index >= 15 is 0 Å². The summed E-state index contributed by atoms with van der Waals surface area (Å²) in [6.07, 6.45) is 2.08. The fourth-order valence-corrected chi connectivity index (χ4v) is 3.87. The Balaban J connectivity index is 1.65. The maximum atomic E-state index is 12.8. The van der Waals surface area contributed by atoms with Crippen molar-refractivity contribution >= 4 is 29.3 Å². The van der Waals surface area contributed by atoms with E-state index in [2.05, 4.69) is 27.5 Å². The lowest BCUT2D eigenvalue weighted by molar-refractivity contribution is -0.123. The molecule has 3 N–H and O–H groups in total. The van der Waals surface area contributed by atoms with Crippen molar-refractivity contribution in [3.05, 3.63) is 46.2 Å². The van der Waals surface area contributed by atoms with Gasteiger partial charge in [0.05, 0.1) is 11.5 Å². The summed E-state index contributed by atoms with van der Waals surface area (Å²) >= 11 is 0. The third-order valence-electron chi connectivity index (χ3n) is 5.25. The Hall–Kier alpha value is -3.16. The molecule has 0 bridgehead atoms. The summed E-state index contributed by atoms with van der Waals surface area (Å²) < 4.78 is 0. The molecule has 146 valence electrons. The third-order valence-corrected chi connectivity index (χ3v) is 5.25. The molecule has 1 fully saturated rings. The zero-order valence-corrected chi connectivity index (χ0v) is 15.7. The zero-order chi connectivity index (χ0) is 19.7. The van der Waals surface area contributed by atoms with Crippen LogP contribution in [0.15, 0.2) is 35.1 Å². The quantitative estimate of drug-likeness (QED) is 0.754. The third kappa shape index (κ3) is 3.62. The fraction of sp³-hybridized carbons (Fsp3) is 0.400. The summed E-state index contributed by atoms with van der Waals surface area (Å²) in [5.74, 6) is -0.463. The number of carbonyl (C=O) groups is 2. The summed E-state index contributed by atoms with van der Waals surface area (Å²) in [5, 5.41) is 5.44. The predicted molar refractivity (Wildman–Crippen MR) is 107 cm³/mol. The predicted octanol–water partition coefficient (Wildman–Crippen LogP) is 2.07. The van der Waals surface area contributed by atoms with Crippen LogP contribution in [0.2, 0.25) is 0 Å². The zero-order valence-electron chi connectivity index (χ0n) is 15.7. The molecule has 1 aromatic heterocycles. The molecule has 0 aliphatic carbocycles. The van der Waals surface area contributed by atoms with Crippen molar-refractivity contribution in [1.82, 2.24) is 9.97 Å². The first-order chi connectivity index (χ1) is 13.5. The van der Waals surface area contributed by atoms with E-state index in [-0.39, 0.29) is 29.3 Å². The molecule has 2 aliphatic heterocycles. The van der Waals surface area contributed by atoms with Crippen molar-refractivity contribution in [3.63, 3.8) is 0 Å². The number of para-hydroxylation sites is 1. The van der Waals surface area contributed by atoms with Crippen molar-refractivity contribution in [2.75, 3.05) is 28.6 Å². The molecule has 2 atom stereocenters. The molecule has 1 saturated heterocycles. The SMILES string of the molecule is C[C@H]1CCCN(c2nc3c(c(=O)[nH]2)[C@@H](C(=O)Nc2ccccc2)CC(=O)N3)C1. The van der Waals surface area contributed by atoms with Crippen LogP contribution in [-0.4, -0.2) is 34.9 Å². The molecule has 4 rings (SSSR count). The van der Waals surface area contributed by atoms with Gasteiger partial charge in [-0.3, -0.25) is 19.4 Å². The van der Waals surface area contributed by atoms with Gasteiger partial charge in [-0.25, -0.2) is 0 Å². The maximum absolute atomic E-state index is 12.8. The highest BCUT2D eigenvalue weighted by Crippen LogP contribution is 2.30. The van der Waals surface area contributed by atoms with Crippen LogP contribution in [-0.2, 0) is 9.59 Å². The van der Waals surface area contributed by atoms with Gasteiger partial charge in [-0.05, 0) is 30.9 Å². The second-order valence-corrected chi connectivity index (χ2v) is 7.51. The van der Waals surface area contributed by atoms with Crippen LogP contribution in [0.25, 0.3) is 0 Å². The average Bonchev–Trinajstić information content (AvgIpc) is 2.67. The van der Waals surface area contributed by atoms with Crippen LogP contribution in [0.5, 0.6) is 0 Å². The number of aromatic amines is 1. The minimum Gasteiger partial charge on any atom is -0.342 e. The van der Waals surface area contributed by atoms with Gasteiger partial charge in [0.25, 0.3) is 5.56 Å². The fourth-order valence-electron chi connectivity index (χ4n) is 3.87. The number of anilines is 3. The number of hydrogen-bond donors (Lipinski definition) is 3. The molecule has 1 aromatic carbocycles. The Morgan fingerprint density at radius 3 is 2.79 bits per heavy atom. The number of aromatic nitrogens is 2. The number of nitrogens with zero attached hydrogens (tertiary/aromatic N) is 2. The average molecular weight is 381 g/mol. The van der Waals surface area contributed by atoms with Crippen molar-refractivity contribution in [2.45, 2.75) is 32.1 Å². The van der Waals surface area contributed by atoms with Crippen molar-refractivity contribution < 1.29 is 9.59 Å². The molecule has 0 spiro atoms. The standard InChI is InChI=1S/C20H23N5O3/c1-12-6-5-9-25(11-12)20-23-17-16(19(28)24-20)14(10-15(26)22-17)18(27)21-13-7-3-2-4-8-13/h2-4,7-8,12,14H,5-6,9-11H2,1H3,(H,21,27)(H2,22,23,24,26,28)/t12-,14-/m0/s1. The summed E-state index contributed by atoms with van der Waals surface area (Å²) in [6.45, 7) is 3.76. The van der Waals surface area contributed by atoms with E-state index in [0.29, 0.717) is 17.6 Å². The first kappa shape index (κ1) is 18.2. The van der Waals surface area contributed by atoms with Gasteiger partial charge in [0.2, 0.25) is 17.8 Å². The Bertz CT molecular complexity index is 956. The molecule has 8 nitrogen and oxygen atoms in total. The number of H-pyrrole nitrogens is 1. The molecule has 0 saturated carbocycles. The molecule has 2 amide bonds. The summed E-state index contributed by atoms with van der Waals surface area (Å²) in [7, 11) is 0. The van der Waals surface area contributed by atoms with Crippen LogP contribution < -0.4 is 21.1 Å². The Morgan fingerprint density at radius 2 is 2.04 bits per heavy atom. The highest BCUT2D eigenvalue weighted by molar-refractivity contribution is 6.04. The second kappa shape index (κ2) is 7.46. The van der Waals surface area contributed by atoms with E-state index in [4.69, 9.17) is 0 Å². The normalized spacial score (nSPS) is 21.6. The maximum Gasteiger partial charge on any atom is 0.258 e. The molecule has 0 unspecified atom stereocenters. The molecule has 2 aromatic rings. The van der Waals surface area contributed by atoms with Gasteiger partial charge in [0, 0.05) is 25.2 Å². The number of nitrogens with one attached hydrogen (secondary N) is 3. The molecule has 28 heavy (non-hydrogen) atoms. The Labute approximate surface area is 162 Å². The van der Waals surface area contributed by atoms with E-state index in [0.717, 1.165) is 25.9 Å². The van der Waals surface area contributed by atoms with Crippen molar-refractivity contribution in [1.29, 1.82) is 0 Å². The van der Waals surface area contributed by atoms with Gasteiger partial charge in [0.1, 0.15) is 5.82 Å². The van der Waals surface area contributed by atoms with Crippen LogP contribution >= 0.6 is 0 Å². The minimum atomic E-state index is -0.880. The van der Waals surface area contributed by atoms with E-state index in [9.17, 15) is 14.4 Å². The van der Waals surface area contributed by atoms with Gasteiger partial charge in [-0.2, -0.15) is 4.98 Å². The Kier molecular flexibility index (Phi) is 4.85. The summed E-state index contributed by atoms with van der Waals surface area (Å²) in [4.78, 5) is 47.1. The molecule has 3 heterocycles. The lowest BCUT2D eigenvalue weighted by Crippen LogP contribution is -2.40. The van der Waals surface area contributed by atoms with E-state index < -0.39 is 11.8 Å². The molecular formula is C20H23N5O3. The first-order valence-electron chi connectivity index (χ1n) is 9.56. The van der Waals surface area contributed by atoms with Crippen LogP contribution in [0.4, 0.5) is 17.5 Å². The minimum absolute atomic E-state index is 0.0868. The highest BCUT2D eigenvalue weighted by Gasteiger charge is 2.35. The topological polar surface area (TPSA) is 107 Å². The molecule has 0 radical (unpaired) electrons. The van der Waals surface area contributed by atoms with Crippen LogP contribution in [0.1, 0.15) is 37.7 Å². The van der Waals surface area contributed by atoms with Crippen LogP contribution in [0.3, 0.4) is 0 Å². The summed E-state index contributed by atoms with van der Waals surface area (Å²) in [6, 6.07) is 8.96. The monoisotopic (exact) mass is 381 g/mol. The van der Waals surface area contributed by atoms with Gasteiger partial charge in [-0.15, -0.1) is 0 Å². The van der Waals surface area contributed by atoms with E-state index in [1.54, 1.807) is 24.3 Å². The highest BCUT2D eigenvalue weighted by atomic mass is 16.2. The van der Waals surface area contributed by atoms with E-state index in [1.807, 2.05) is 11.0 Å². The molecule has 2 aliphatic rings. The summed E-state index contributed by atoms with van der Waals surface area (Å²) in [5.41, 5.74) is 0.441. The Morgan fingerprint density at radius 1 is 1.25 bits per heavy atom. The van der Waals surface area contributed by atoms with Crippen molar-refractivity contribution in [3.8, 4) is 0 Å². The second-order valence-electron chi connectivity index (χ2n) is 7.51. The number of benzene rings is 1. The molecular weight excluding hydrogens is 358 g/mol. The molecule has 8 heteroatoms. The number of hydrogen-bond acceptors (Lipinski definition) is 5. The first-order valence-corrected chi connectivity index (χ1v) is 9.56. The lowest BCUT2D eigenvalue weighted by Gasteiger charge is -2.32. The van der Waals surface area contributed by atoms with Gasteiger partial charge < -0.3 is 15.5 Å². The van der Waals surface area contributed by atoms with Crippen LogP contribution in [0, 0.1) is 5.92 Å². The lowest BCUT2D eigenvalue weighted by atomic mass is 9.92.